The molecule has 0 bridgehead atoms. The quantitative estimate of drug-likeness (QED) is 0.336. The third-order valence-electron chi connectivity index (χ3n) is 3.95. The number of carbonyl (C=O) groups is 2. The number of esters is 1. The van der Waals surface area contributed by atoms with Crippen molar-refractivity contribution in [1.29, 1.82) is 5.26 Å². The Labute approximate surface area is 181 Å². The van der Waals surface area contributed by atoms with Crippen molar-refractivity contribution >= 4 is 23.3 Å². The van der Waals surface area contributed by atoms with Gasteiger partial charge in [0.05, 0.1) is 25.4 Å². The molecule has 31 heavy (non-hydrogen) atoms. The number of hydrogen-bond acceptors (Lipinski definition) is 7. The van der Waals surface area contributed by atoms with E-state index in [2.05, 4.69) is 10.6 Å². The summed E-state index contributed by atoms with van der Waals surface area (Å²) in [6.07, 6.45) is 1.31. The van der Waals surface area contributed by atoms with Gasteiger partial charge in [-0.1, -0.05) is 0 Å². The molecule has 0 atom stereocenters. The maximum absolute atomic E-state index is 12.4. The van der Waals surface area contributed by atoms with Crippen molar-refractivity contribution in [2.75, 3.05) is 30.5 Å². The number of carbonyl (C=O) groups excluding carboxylic acids is 2. The summed E-state index contributed by atoms with van der Waals surface area (Å²) in [4.78, 5) is 24.1. The van der Waals surface area contributed by atoms with Crippen molar-refractivity contribution in [3.63, 3.8) is 0 Å². The normalized spacial score (nSPS) is 10.6. The fourth-order valence-electron chi connectivity index (χ4n) is 2.55. The fraction of sp³-hybridized carbons (Fsp3) is 0.261. The molecule has 0 saturated carbocycles. The van der Waals surface area contributed by atoms with Crippen molar-refractivity contribution in [3.05, 3.63) is 59.8 Å². The van der Waals surface area contributed by atoms with Gasteiger partial charge in [0, 0.05) is 23.6 Å². The second-order valence-electron chi connectivity index (χ2n) is 6.09. The highest BCUT2D eigenvalue weighted by atomic mass is 16.5. The van der Waals surface area contributed by atoms with Gasteiger partial charge in [0.2, 0.25) is 0 Å². The monoisotopic (exact) mass is 423 g/mol. The van der Waals surface area contributed by atoms with Gasteiger partial charge in [0.25, 0.3) is 5.91 Å². The Balaban J connectivity index is 2.08. The van der Waals surface area contributed by atoms with Crippen LogP contribution in [0.4, 0.5) is 11.4 Å². The van der Waals surface area contributed by atoms with Gasteiger partial charge in [-0.2, -0.15) is 5.26 Å². The second kappa shape index (κ2) is 11.9. The molecule has 8 heteroatoms. The van der Waals surface area contributed by atoms with E-state index in [1.807, 2.05) is 19.9 Å². The maximum Gasteiger partial charge on any atom is 0.338 e. The Morgan fingerprint density at radius 2 is 1.58 bits per heavy atom. The molecule has 0 heterocycles. The van der Waals surface area contributed by atoms with E-state index in [1.165, 1.54) is 18.3 Å². The minimum absolute atomic E-state index is 0.124. The van der Waals surface area contributed by atoms with Gasteiger partial charge < -0.3 is 24.8 Å². The van der Waals surface area contributed by atoms with Crippen molar-refractivity contribution < 1.29 is 23.8 Å². The number of nitriles is 1. The lowest BCUT2D eigenvalue weighted by atomic mass is 10.2. The van der Waals surface area contributed by atoms with Crippen LogP contribution in [-0.4, -0.2) is 31.7 Å². The van der Waals surface area contributed by atoms with Crippen LogP contribution in [0.3, 0.4) is 0 Å². The zero-order valence-corrected chi connectivity index (χ0v) is 17.7. The first-order valence-electron chi connectivity index (χ1n) is 9.87. The van der Waals surface area contributed by atoms with Crippen LogP contribution in [0.1, 0.15) is 31.1 Å². The Hall–Kier alpha value is -3.99. The second-order valence-corrected chi connectivity index (χ2v) is 6.09. The smallest absolute Gasteiger partial charge is 0.338 e. The number of anilines is 2. The van der Waals surface area contributed by atoms with Crippen LogP contribution >= 0.6 is 0 Å². The predicted molar refractivity (Wildman–Crippen MR) is 117 cm³/mol. The number of amides is 1. The molecule has 1 amide bonds. The van der Waals surface area contributed by atoms with Crippen molar-refractivity contribution in [1.82, 2.24) is 0 Å². The summed E-state index contributed by atoms with van der Waals surface area (Å²) in [6.45, 7) is 6.73. The molecule has 2 N–H and O–H groups in total. The van der Waals surface area contributed by atoms with E-state index in [0.717, 1.165) is 0 Å². The highest BCUT2D eigenvalue weighted by Crippen LogP contribution is 2.30. The van der Waals surface area contributed by atoms with Crippen LogP contribution in [0.5, 0.6) is 11.5 Å². The minimum atomic E-state index is -0.588. The van der Waals surface area contributed by atoms with Crippen LogP contribution in [0.2, 0.25) is 0 Å². The van der Waals surface area contributed by atoms with Crippen LogP contribution in [-0.2, 0) is 9.53 Å². The van der Waals surface area contributed by atoms with E-state index in [0.29, 0.717) is 41.7 Å². The van der Waals surface area contributed by atoms with Gasteiger partial charge in [-0.3, -0.25) is 4.79 Å². The number of nitrogens with zero attached hydrogens (tertiary/aromatic N) is 1. The highest BCUT2D eigenvalue weighted by molar-refractivity contribution is 6.06. The lowest BCUT2D eigenvalue weighted by Crippen LogP contribution is -2.14. The summed E-state index contributed by atoms with van der Waals surface area (Å²) >= 11 is 0. The van der Waals surface area contributed by atoms with E-state index in [1.54, 1.807) is 37.3 Å². The molecule has 8 nitrogen and oxygen atoms in total. The van der Waals surface area contributed by atoms with E-state index in [-0.39, 0.29) is 12.2 Å². The Morgan fingerprint density at radius 3 is 2.19 bits per heavy atom. The molecule has 0 unspecified atom stereocenters. The van der Waals surface area contributed by atoms with E-state index in [4.69, 9.17) is 14.2 Å². The summed E-state index contributed by atoms with van der Waals surface area (Å²) < 4.78 is 16.0. The molecular formula is C23H25N3O5. The van der Waals surface area contributed by atoms with Gasteiger partial charge in [-0.05, 0) is 57.2 Å². The standard InChI is InChI=1S/C23H25N3O5/c1-4-29-20-12-11-19(13-21(20)30-5-2)25-15-17(14-24)22(27)26-18-9-7-16(8-10-18)23(28)31-6-3/h7-13,15,25H,4-6H2,1-3H3,(H,26,27)/b17-15-. The molecule has 162 valence electrons. The molecule has 0 fully saturated rings. The number of nitrogens with one attached hydrogen (secondary N) is 2. The van der Waals surface area contributed by atoms with Gasteiger partial charge >= 0.3 is 5.97 Å². The average molecular weight is 423 g/mol. The van der Waals surface area contributed by atoms with E-state index < -0.39 is 11.9 Å². The first kappa shape index (κ1) is 23.3. The third kappa shape index (κ3) is 6.78. The molecule has 0 saturated heterocycles. The fourth-order valence-corrected chi connectivity index (χ4v) is 2.55. The van der Waals surface area contributed by atoms with Crippen molar-refractivity contribution in [3.8, 4) is 17.6 Å². The minimum Gasteiger partial charge on any atom is -0.490 e. The first-order chi connectivity index (χ1) is 15.0. The summed E-state index contributed by atoms with van der Waals surface area (Å²) in [5, 5.41) is 14.9. The molecule has 2 aromatic carbocycles. The maximum atomic E-state index is 12.4. The van der Waals surface area contributed by atoms with E-state index >= 15 is 0 Å². The lowest BCUT2D eigenvalue weighted by molar-refractivity contribution is -0.112. The molecule has 2 rings (SSSR count). The highest BCUT2D eigenvalue weighted by Gasteiger charge is 2.12. The number of ether oxygens (including phenoxy) is 3. The zero-order chi connectivity index (χ0) is 22.6. The molecule has 2 aromatic rings. The van der Waals surface area contributed by atoms with Crippen LogP contribution in [0, 0.1) is 11.3 Å². The van der Waals surface area contributed by atoms with Gasteiger partial charge in [-0.25, -0.2) is 4.79 Å². The predicted octanol–water partition coefficient (Wildman–Crippen LogP) is 4.12. The average Bonchev–Trinajstić information content (AvgIpc) is 2.77. The Morgan fingerprint density at radius 1 is 0.935 bits per heavy atom. The Kier molecular flexibility index (Phi) is 8.92. The molecule has 0 aromatic heterocycles. The van der Waals surface area contributed by atoms with Crippen molar-refractivity contribution in [2.45, 2.75) is 20.8 Å². The van der Waals surface area contributed by atoms with Gasteiger partial charge in [0.15, 0.2) is 11.5 Å². The van der Waals surface area contributed by atoms with E-state index in [9.17, 15) is 14.9 Å². The molecule has 0 aliphatic carbocycles. The Bertz CT molecular complexity index is 978. The number of benzene rings is 2. The molecular weight excluding hydrogens is 398 g/mol. The molecule has 0 aliphatic rings. The number of hydrogen-bond donors (Lipinski definition) is 2. The lowest BCUT2D eigenvalue weighted by Gasteiger charge is -2.12. The van der Waals surface area contributed by atoms with Crippen LogP contribution in [0.25, 0.3) is 0 Å². The molecule has 0 radical (unpaired) electrons. The van der Waals surface area contributed by atoms with Gasteiger partial charge in [-0.15, -0.1) is 0 Å². The van der Waals surface area contributed by atoms with Crippen molar-refractivity contribution in [2.24, 2.45) is 0 Å². The van der Waals surface area contributed by atoms with Crippen LogP contribution in [0.15, 0.2) is 54.2 Å². The SMILES string of the molecule is CCOC(=O)c1ccc(NC(=O)/C(C#N)=C\Nc2ccc(OCC)c(OCC)c2)cc1. The molecule has 0 aliphatic heterocycles. The largest absolute Gasteiger partial charge is 0.490 e. The zero-order valence-electron chi connectivity index (χ0n) is 17.7. The summed E-state index contributed by atoms with van der Waals surface area (Å²) in [6, 6.07) is 13.3. The topological polar surface area (TPSA) is 110 Å². The molecule has 0 spiro atoms. The van der Waals surface area contributed by atoms with Gasteiger partial charge in [0.1, 0.15) is 11.6 Å². The van der Waals surface area contributed by atoms with Crippen LogP contribution < -0.4 is 20.1 Å². The first-order valence-corrected chi connectivity index (χ1v) is 9.87. The number of rotatable bonds is 10. The summed E-state index contributed by atoms with van der Waals surface area (Å²) in [5.74, 6) is 0.148. The summed E-state index contributed by atoms with van der Waals surface area (Å²) in [5.41, 5.74) is 1.32. The third-order valence-corrected chi connectivity index (χ3v) is 3.95. The summed E-state index contributed by atoms with van der Waals surface area (Å²) in [7, 11) is 0.